The second-order valence-electron chi connectivity index (χ2n) is 16.0. The number of rotatable bonds is 14. The summed E-state index contributed by atoms with van der Waals surface area (Å²) in [6, 6.07) is 3.17. The van der Waals surface area contributed by atoms with Crippen LogP contribution in [-0.2, 0) is 32.0 Å². The van der Waals surface area contributed by atoms with Crippen LogP contribution in [0, 0.1) is 13.8 Å². The topological polar surface area (TPSA) is 211 Å². The lowest BCUT2D eigenvalue weighted by molar-refractivity contribution is -0.118. The predicted molar refractivity (Wildman–Crippen MR) is 232 cm³/mol. The summed E-state index contributed by atoms with van der Waals surface area (Å²) in [5, 5.41) is 28.7. The van der Waals surface area contributed by atoms with Gasteiger partial charge < -0.3 is 44.7 Å². The first kappa shape index (κ1) is 41.3. The summed E-state index contributed by atoms with van der Waals surface area (Å²) in [5.74, 6) is 1.91. The van der Waals surface area contributed by atoms with E-state index >= 15 is 4.39 Å². The number of hydrogen-bond acceptors (Lipinski definition) is 15. The molecule has 0 unspecified atom stereocenters. The van der Waals surface area contributed by atoms with Crippen LogP contribution in [0.2, 0.25) is 0 Å². The van der Waals surface area contributed by atoms with E-state index in [0.717, 1.165) is 22.2 Å². The van der Waals surface area contributed by atoms with E-state index in [1.54, 1.807) is 70.2 Å². The van der Waals surface area contributed by atoms with E-state index in [2.05, 4.69) is 58.6 Å². The Morgan fingerprint density at radius 3 is 2.64 bits per heavy atom. The molecule has 1 aromatic carbocycles. The number of ether oxygens (including phenoxy) is 1. The van der Waals surface area contributed by atoms with Crippen LogP contribution in [-0.4, -0.2) is 121 Å². The zero-order valence-corrected chi connectivity index (χ0v) is 36.7. The third-order valence-corrected chi connectivity index (χ3v) is 11.0. The number of nitrogens with one attached hydrogen (secondary N) is 3. The van der Waals surface area contributed by atoms with Gasteiger partial charge in [-0.25, -0.2) is 14.4 Å². The molecule has 1 saturated heterocycles. The predicted octanol–water partition coefficient (Wildman–Crippen LogP) is 3.73. The van der Waals surface area contributed by atoms with Gasteiger partial charge in [-0.05, 0) is 66.9 Å². The molecule has 1 aliphatic heterocycles. The van der Waals surface area contributed by atoms with E-state index in [1.165, 1.54) is 7.11 Å². The van der Waals surface area contributed by atoms with Crippen molar-refractivity contribution in [1.82, 2.24) is 63.7 Å². The number of methoxy groups -OCH3 is 1. The first-order chi connectivity index (χ1) is 29.0. The lowest BCUT2D eigenvalue weighted by Crippen LogP contribution is -2.42. The van der Waals surface area contributed by atoms with Crippen molar-refractivity contribution in [2.24, 2.45) is 14.1 Å². The second-order valence-corrected chi connectivity index (χ2v) is 16.8. The highest BCUT2D eigenvalue weighted by atomic mass is 79.9. The Bertz CT molecular complexity index is 2820. The van der Waals surface area contributed by atoms with Gasteiger partial charge in [0.05, 0.1) is 72.6 Å². The van der Waals surface area contributed by atoms with Gasteiger partial charge in [-0.1, -0.05) is 6.58 Å². The molecule has 20 nitrogen and oxygen atoms in total. The third kappa shape index (κ3) is 8.23. The Morgan fingerprint density at radius 1 is 1.11 bits per heavy atom. The lowest BCUT2D eigenvalue weighted by atomic mass is 10.1. The number of carbonyl (C=O) groups excluding carboxylic acids is 1. The third-order valence-electron chi connectivity index (χ3n) is 10.4. The summed E-state index contributed by atoms with van der Waals surface area (Å²) in [4.78, 5) is 45.6. The number of aryl methyl sites for hydroxylation is 4. The van der Waals surface area contributed by atoms with E-state index in [0.29, 0.717) is 56.4 Å². The SMILES string of the molecule is C=C(Cn1c(CNc2nc(N(C)CC(C)(C)O)nc3c(Br)cnn23)nc2cc(C)c(C)cc21)C(=O)N[C@@H]1CN(c2nc(Nc3cn(C)nc3OC)c3ncn(C)c3n2)C[C@H]1F. The smallest absolute Gasteiger partial charge is 0.256 e. The number of carbonyl (C=O) groups is 1. The van der Waals surface area contributed by atoms with Crippen molar-refractivity contribution in [1.29, 1.82) is 0 Å². The van der Waals surface area contributed by atoms with Gasteiger partial charge in [0.25, 0.3) is 5.88 Å². The fourth-order valence-corrected chi connectivity index (χ4v) is 7.68. The van der Waals surface area contributed by atoms with Crippen molar-refractivity contribution in [3.05, 3.63) is 64.4 Å². The van der Waals surface area contributed by atoms with Crippen LogP contribution in [0.5, 0.6) is 5.88 Å². The number of benzene rings is 1. The van der Waals surface area contributed by atoms with Gasteiger partial charge in [-0.15, -0.1) is 5.10 Å². The van der Waals surface area contributed by atoms with Crippen molar-refractivity contribution < 1.29 is 19.0 Å². The molecule has 0 spiro atoms. The minimum Gasteiger partial charge on any atom is -0.478 e. The summed E-state index contributed by atoms with van der Waals surface area (Å²) in [6.07, 6.45) is 3.59. The highest BCUT2D eigenvalue weighted by Crippen LogP contribution is 2.31. The molecule has 7 heterocycles. The van der Waals surface area contributed by atoms with Crippen LogP contribution in [0.25, 0.3) is 27.8 Å². The van der Waals surface area contributed by atoms with Crippen LogP contribution < -0.4 is 30.5 Å². The van der Waals surface area contributed by atoms with Crippen LogP contribution in [0.1, 0.15) is 30.8 Å². The number of imidazole rings is 2. The van der Waals surface area contributed by atoms with Gasteiger partial charge >= 0.3 is 0 Å². The highest BCUT2D eigenvalue weighted by Gasteiger charge is 2.36. The molecule has 2 atom stereocenters. The van der Waals surface area contributed by atoms with E-state index in [-0.39, 0.29) is 44.2 Å². The molecule has 8 rings (SSSR count). The molecule has 1 aliphatic rings. The molecule has 0 bridgehead atoms. The first-order valence-corrected chi connectivity index (χ1v) is 20.2. The molecular formula is C39H47BrFN17O3. The summed E-state index contributed by atoms with van der Waals surface area (Å²) < 4.78 is 28.8. The number of halogens is 2. The number of aromatic nitrogens is 12. The Hall–Kier alpha value is -6.42. The maximum atomic E-state index is 15.8. The summed E-state index contributed by atoms with van der Waals surface area (Å²) in [7, 11) is 6.92. The number of likely N-dealkylation sites (N-methyl/N-ethyl adjacent to an activating group) is 1. The number of fused-ring (bicyclic) bond motifs is 3. The van der Waals surface area contributed by atoms with Crippen LogP contribution in [0.4, 0.5) is 33.7 Å². The Morgan fingerprint density at radius 2 is 1.89 bits per heavy atom. The molecule has 0 saturated carbocycles. The van der Waals surface area contributed by atoms with E-state index in [9.17, 15) is 9.90 Å². The fourth-order valence-electron chi connectivity index (χ4n) is 7.33. The second kappa shape index (κ2) is 15.9. The fraction of sp³-hybridized carbons (Fsp3) is 0.410. The number of nitrogens with zero attached hydrogens (tertiary/aromatic N) is 14. The molecule has 0 aliphatic carbocycles. The van der Waals surface area contributed by atoms with Crippen LogP contribution >= 0.6 is 15.9 Å². The van der Waals surface area contributed by atoms with Gasteiger partial charge in [0.1, 0.15) is 17.7 Å². The molecular weight excluding hydrogens is 853 g/mol. The van der Waals surface area contributed by atoms with Crippen molar-refractivity contribution >= 4 is 79.0 Å². The normalized spacial score (nSPS) is 15.6. The van der Waals surface area contributed by atoms with Crippen molar-refractivity contribution in [2.75, 3.05) is 54.2 Å². The standard InChI is InChI=1S/C39H47BrFN17O3/c1-20-10-25-28(11-21(20)2)57(29(45-25)13-42-36-51-37(53(6)18-39(4,5)60)49-32-23(40)12-44-58(32)36)14-22(3)34(59)47-26-17-56(15-24(26)41)38-48-31(30-33(50-38)54(7)19-43-30)46-27-16-55(8)52-35(27)61-9/h10-12,16,19,24,26,60H,3,13-15,17-18H2,1-2,4-9H3,(H,47,59)(H,42,49,51)(H,46,48,50)/t24-,26-/m1/s1. The minimum atomic E-state index is -1.42. The van der Waals surface area contributed by atoms with E-state index in [4.69, 9.17) is 24.7 Å². The Labute approximate surface area is 358 Å². The van der Waals surface area contributed by atoms with Gasteiger partial charge in [0.15, 0.2) is 22.6 Å². The summed E-state index contributed by atoms with van der Waals surface area (Å²) >= 11 is 3.53. The molecule has 22 heteroatoms. The number of amides is 1. The molecule has 1 fully saturated rings. The quantitative estimate of drug-likeness (QED) is 0.115. The zero-order chi connectivity index (χ0) is 43.5. The Balaban J connectivity index is 1.01. The minimum absolute atomic E-state index is 0.0462. The largest absolute Gasteiger partial charge is 0.478 e. The van der Waals surface area contributed by atoms with Crippen molar-refractivity contribution in [3.63, 3.8) is 0 Å². The van der Waals surface area contributed by atoms with Crippen LogP contribution in [0.3, 0.4) is 0 Å². The van der Waals surface area contributed by atoms with Crippen molar-refractivity contribution in [3.8, 4) is 5.88 Å². The molecule has 0 radical (unpaired) electrons. The molecule has 320 valence electrons. The molecule has 1 amide bonds. The number of aliphatic hydroxyl groups is 1. The maximum absolute atomic E-state index is 15.8. The van der Waals surface area contributed by atoms with Crippen molar-refractivity contribution in [2.45, 2.75) is 58.6 Å². The number of anilines is 5. The van der Waals surface area contributed by atoms with Gasteiger partial charge in [0, 0.05) is 39.8 Å². The molecule has 7 aromatic rings. The lowest BCUT2D eigenvalue weighted by Gasteiger charge is -2.25. The Kier molecular flexibility index (Phi) is 10.8. The summed E-state index contributed by atoms with van der Waals surface area (Å²) in [6.45, 7) is 12.2. The van der Waals surface area contributed by atoms with Gasteiger partial charge in [-0.3, -0.25) is 9.48 Å². The zero-order valence-electron chi connectivity index (χ0n) is 35.1. The molecule has 61 heavy (non-hydrogen) atoms. The molecule has 6 aromatic heterocycles. The average Bonchev–Trinajstić information content (AvgIpc) is 4.02. The highest BCUT2D eigenvalue weighted by molar-refractivity contribution is 9.10. The number of hydrogen-bond donors (Lipinski definition) is 4. The monoisotopic (exact) mass is 899 g/mol. The summed E-state index contributed by atoms with van der Waals surface area (Å²) in [5.41, 5.74) is 5.04. The molecule has 4 N–H and O–H groups in total. The van der Waals surface area contributed by atoms with Gasteiger partial charge in [0.2, 0.25) is 23.8 Å². The maximum Gasteiger partial charge on any atom is 0.256 e. The van der Waals surface area contributed by atoms with Crippen LogP contribution in [0.15, 0.2) is 47.5 Å². The van der Waals surface area contributed by atoms with E-state index < -0.39 is 23.7 Å². The van der Waals surface area contributed by atoms with Gasteiger partial charge in [-0.2, -0.15) is 29.5 Å². The van der Waals surface area contributed by atoms with E-state index in [1.807, 2.05) is 37.6 Å². The average molecular weight is 901 g/mol. The number of alkyl halides is 1. The first-order valence-electron chi connectivity index (χ1n) is 19.4.